The number of esters is 1. The smallest absolute Gasteiger partial charge is 0.358 e. The van der Waals surface area contributed by atoms with Crippen molar-refractivity contribution in [3.63, 3.8) is 0 Å². The van der Waals surface area contributed by atoms with Crippen molar-refractivity contribution < 1.29 is 18.8 Å². The van der Waals surface area contributed by atoms with Crippen LogP contribution in [-0.2, 0) is 9.53 Å². The van der Waals surface area contributed by atoms with E-state index < -0.39 is 18.5 Å². The molecule has 0 aliphatic rings. The van der Waals surface area contributed by atoms with Crippen LogP contribution >= 0.6 is 11.3 Å². The van der Waals surface area contributed by atoms with Gasteiger partial charge in [0, 0.05) is 18.0 Å². The lowest BCUT2D eigenvalue weighted by Gasteiger charge is -2.02. The van der Waals surface area contributed by atoms with Gasteiger partial charge in [0.25, 0.3) is 5.91 Å². The highest BCUT2D eigenvalue weighted by atomic mass is 32.1. The molecule has 116 valence electrons. The first-order valence-electron chi connectivity index (χ1n) is 6.29. The van der Waals surface area contributed by atoms with E-state index in [1.807, 2.05) is 0 Å². The number of nitrogens with zero attached hydrogens (tertiary/aromatic N) is 2. The minimum absolute atomic E-state index is 0.140. The molecule has 0 bridgehead atoms. The third kappa shape index (κ3) is 4.42. The number of aryl methyl sites for hydroxylation is 1. The summed E-state index contributed by atoms with van der Waals surface area (Å²) in [4.78, 5) is 27.4. The van der Waals surface area contributed by atoms with Gasteiger partial charge in [0.05, 0.1) is 0 Å². The maximum absolute atomic E-state index is 11.8. The van der Waals surface area contributed by atoms with Gasteiger partial charge < -0.3 is 19.9 Å². The topological polar surface area (TPSA) is 106 Å². The lowest BCUT2D eigenvalue weighted by molar-refractivity contribution is -0.119. The van der Waals surface area contributed by atoms with E-state index in [0.717, 1.165) is 0 Å². The Balaban J connectivity index is 1.80. The normalized spacial score (nSPS) is 10.0. The van der Waals surface area contributed by atoms with Gasteiger partial charge in [-0.3, -0.25) is 4.79 Å². The summed E-state index contributed by atoms with van der Waals surface area (Å²) in [5.41, 5.74) is 0.140. The summed E-state index contributed by atoms with van der Waals surface area (Å²) in [7, 11) is 0. The lowest BCUT2D eigenvalue weighted by atomic mass is 10.5. The predicted molar refractivity (Wildman–Crippen MR) is 81.0 cm³/mol. The molecule has 9 heteroatoms. The van der Waals surface area contributed by atoms with Crippen LogP contribution in [0.5, 0.6) is 0 Å². The van der Waals surface area contributed by atoms with E-state index in [-0.39, 0.29) is 11.5 Å². The molecule has 1 amide bonds. The van der Waals surface area contributed by atoms with Crippen LogP contribution in [0.2, 0.25) is 0 Å². The molecule has 0 saturated heterocycles. The van der Waals surface area contributed by atoms with E-state index in [2.05, 4.69) is 27.4 Å². The number of amides is 1. The summed E-state index contributed by atoms with van der Waals surface area (Å²) in [5, 5.41) is 11.1. The molecule has 0 atom stereocenters. The second-order valence-electron chi connectivity index (χ2n) is 4.15. The quantitative estimate of drug-likeness (QED) is 0.591. The van der Waals surface area contributed by atoms with Crippen LogP contribution in [0.25, 0.3) is 0 Å². The van der Waals surface area contributed by atoms with Crippen LogP contribution in [0.4, 0.5) is 10.9 Å². The molecular weight excluding hydrogens is 308 g/mol. The third-order valence-electron chi connectivity index (χ3n) is 2.34. The number of hydrogen-bond donors (Lipinski definition) is 2. The molecule has 2 rings (SSSR count). The second-order valence-corrected chi connectivity index (χ2v) is 5.01. The molecule has 2 aromatic heterocycles. The predicted octanol–water partition coefficient (Wildman–Crippen LogP) is 1.83. The van der Waals surface area contributed by atoms with Crippen molar-refractivity contribution in [1.29, 1.82) is 0 Å². The van der Waals surface area contributed by atoms with E-state index >= 15 is 0 Å². The second kappa shape index (κ2) is 7.36. The van der Waals surface area contributed by atoms with E-state index in [4.69, 9.17) is 9.26 Å². The maximum atomic E-state index is 11.8. The molecule has 2 heterocycles. The van der Waals surface area contributed by atoms with Crippen molar-refractivity contribution >= 4 is 34.2 Å². The summed E-state index contributed by atoms with van der Waals surface area (Å²) in [6, 6.07) is 1.55. The molecule has 22 heavy (non-hydrogen) atoms. The molecule has 2 N–H and O–H groups in total. The number of carbonyl (C=O) groups is 2. The van der Waals surface area contributed by atoms with Crippen LogP contribution in [0.1, 0.15) is 16.2 Å². The zero-order valence-electron chi connectivity index (χ0n) is 11.8. The van der Waals surface area contributed by atoms with E-state index in [0.29, 0.717) is 17.4 Å². The number of thiazole rings is 1. The summed E-state index contributed by atoms with van der Waals surface area (Å²) >= 11 is 1.26. The fourth-order valence-corrected chi connectivity index (χ4v) is 2.11. The summed E-state index contributed by atoms with van der Waals surface area (Å²) in [6.07, 6.45) is 1.68. The Morgan fingerprint density at radius 1 is 1.55 bits per heavy atom. The zero-order valence-corrected chi connectivity index (χ0v) is 12.6. The van der Waals surface area contributed by atoms with Gasteiger partial charge >= 0.3 is 5.97 Å². The van der Waals surface area contributed by atoms with Crippen molar-refractivity contribution in [3.8, 4) is 0 Å². The number of ether oxygens (including phenoxy) is 1. The van der Waals surface area contributed by atoms with Crippen LogP contribution in [0.3, 0.4) is 0 Å². The molecule has 8 nitrogen and oxygen atoms in total. The molecule has 0 fully saturated rings. The molecule has 0 aliphatic carbocycles. The minimum atomic E-state index is -0.672. The standard InChI is InChI=1S/C13H14N4O4S/c1-3-4-14-13-15-9(7-22-13)12(19)20-6-11(18)16-10-5-8(2)21-17-10/h3,5,7H,1,4,6H2,2H3,(H,14,15)(H,16,17,18). The van der Waals surface area contributed by atoms with Gasteiger partial charge in [0.15, 0.2) is 23.3 Å². The van der Waals surface area contributed by atoms with Crippen molar-refractivity contribution in [3.05, 3.63) is 35.6 Å². The Kier molecular flexibility index (Phi) is 5.26. The third-order valence-corrected chi connectivity index (χ3v) is 3.14. The van der Waals surface area contributed by atoms with Crippen molar-refractivity contribution in [2.75, 3.05) is 23.8 Å². The van der Waals surface area contributed by atoms with Crippen LogP contribution < -0.4 is 10.6 Å². The van der Waals surface area contributed by atoms with Gasteiger partial charge in [0.2, 0.25) is 0 Å². The molecule has 0 radical (unpaired) electrons. The molecule has 0 unspecified atom stereocenters. The number of anilines is 2. The first-order valence-corrected chi connectivity index (χ1v) is 7.17. The Bertz CT molecular complexity index is 679. The molecule has 0 aliphatic heterocycles. The van der Waals surface area contributed by atoms with E-state index in [1.165, 1.54) is 11.3 Å². The SMILES string of the molecule is C=CCNc1nc(C(=O)OCC(=O)Nc2cc(C)on2)cs1. The van der Waals surface area contributed by atoms with E-state index in [9.17, 15) is 9.59 Å². The fourth-order valence-electron chi connectivity index (χ4n) is 1.42. The number of nitrogens with one attached hydrogen (secondary N) is 2. The lowest BCUT2D eigenvalue weighted by Crippen LogP contribution is -2.21. The first-order chi connectivity index (χ1) is 10.6. The van der Waals surface area contributed by atoms with Gasteiger partial charge in [0.1, 0.15) is 5.76 Å². The van der Waals surface area contributed by atoms with Gasteiger partial charge in [-0.1, -0.05) is 11.2 Å². The van der Waals surface area contributed by atoms with Gasteiger partial charge in [-0.25, -0.2) is 9.78 Å². The summed E-state index contributed by atoms with van der Waals surface area (Å²) in [5.74, 6) is -0.353. The number of carbonyl (C=O) groups excluding carboxylic acids is 2. The molecule has 2 aromatic rings. The van der Waals surface area contributed by atoms with Gasteiger partial charge in [-0.2, -0.15) is 0 Å². The number of hydrogen-bond acceptors (Lipinski definition) is 8. The van der Waals surface area contributed by atoms with E-state index in [1.54, 1.807) is 24.4 Å². The minimum Gasteiger partial charge on any atom is -0.451 e. The van der Waals surface area contributed by atoms with Crippen LogP contribution in [0, 0.1) is 6.92 Å². The molecular formula is C13H14N4O4S. The Labute approximate surface area is 130 Å². The molecule has 0 saturated carbocycles. The van der Waals surface area contributed by atoms with Crippen molar-refractivity contribution in [2.24, 2.45) is 0 Å². The first kappa shape index (κ1) is 15.7. The van der Waals surface area contributed by atoms with Crippen molar-refractivity contribution in [2.45, 2.75) is 6.92 Å². The van der Waals surface area contributed by atoms with Gasteiger partial charge in [-0.15, -0.1) is 17.9 Å². The highest BCUT2D eigenvalue weighted by Crippen LogP contribution is 2.15. The van der Waals surface area contributed by atoms with Crippen LogP contribution in [-0.4, -0.2) is 35.2 Å². The number of aromatic nitrogens is 2. The Hall–Kier alpha value is -2.68. The monoisotopic (exact) mass is 322 g/mol. The summed E-state index contributed by atoms with van der Waals surface area (Å²) < 4.78 is 9.67. The maximum Gasteiger partial charge on any atom is 0.358 e. The largest absolute Gasteiger partial charge is 0.451 e. The fraction of sp³-hybridized carbons (Fsp3) is 0.231. The van der Waals surface area contributed by atoms with Gasteiger partial charge in [-0.05, 0) is 6.92 Å². The Morgan fingerprint density at radius 3 is 3.05 bits per heavy atom. The van der Waals surface area contributed by atoms with Crippen LogP contribution in [0.15, 0.2) is 28.6 Å². The zero-order chi connectivity index (χ0) is 15.9. The summed E-state index contributed by atoms with van der Waals surface area (Å²) in [6.45, 7) is 5.38. The Morgan fingerprint density at radius 2 is 2.36 bits per heavy atom. The average molecular weight is 322 g/mol. The highest BCUT2D eigenvalue weighted by Gasteiger charge is 2.14. The molecule has 0 aromatic carbocycles. The molecule has 0 spiro atoms. The highest BCUT2D eigenvalue weighted by molar-refractivity contribution is 7.13. The van der Waals surface area contributed by atoms with Crippen molar-refractivity contribution in [1.82, 2.24) is 10.1 Å². The number of rotatable bonds is 7. The average Bonchev–Trinajstić information content (AvgIpc) is 3.12.